The van der Waals surface area contributed by atoms with Gasteiger partial charge in [0.2, 0.25) is 11.8 Å². The normalized spacial score (nSPS) is 24.1. The van der Waals surface area contributed by atoms with E-state index in [1.807, 2.05) is 31.7 Å². The molecule has 3 amide bonds. The molecule has 54 heavy (non-hydrogen) atoms. The molecule has 3 aliphatic heterocycles. The minimum atomic E-state index is -0.696. The number of halogens is 1. The summed E-state index contributed by atoms with van der Waals surface area (Å²) < 4.78 is 12.2. The van der Waals surface area contributed by atoms with Gasteiger partial charge < -0.3 is 34.6 Å². The first-order valence-corrected chi connectivity index (χ1v) is 19.4. The molecule has 4 aliphatic rings. The summed E-state index contributed by atoms with van der Waals surface area (Å²) in [6, 6.07) is 12.7. The molecule has 3 heterocycles. The Morgan fingerprint density at radius 2 is 1.76 bits per heavy atom. The number of nitrogens with zero attached hydrogens (tertiary/aromatic N) is 5. The number of nitriles is 1. The Balaban J connectivity index is 0.969. The topological polar surface area (TPSA) is 139 Å². The lowest BCUT2D eigenvalue weighted by Gasteiger charge is -2.65. The zero-order valence-corrected chi connectivity index (χ0v) is 33.4. The largest absolute Gasteiger partial charge is 0.489 e. The fourth-order valence-corrected chi connectivity index (χ4v) is 9.52. The lowest BCUT2D eigenvalue weighted by molar-refractivity contribution is -0.199. The predicted octanol–water partition coefficient (Wildman–Crippen LogP) is 4.31. The van der Waals surface area contributed by atoms with Gasteiger partial charge in [-0.1, -0.05) is 60.1 Å². The van der Waals surface area contributed by atoms with E-state index >= 15 is 0 Å². The van der Waals surface area contributed by atoms with Gasteiger partial charge in [0, 0.05) is 86.5 Å². The zero-order chi connectivity index (χ0) is 39.2. The number of anilines is 1. The number of β-amino-alcohol motifs (C(OH)–C–C–N with tert-alkyl or cyclic N) is 1. The zero-order valence-electron chi connectivity index (χ0n) is 32.7. The van der Waals surface area contributed by atoms with Crippen LogP contribution in [0.3, 0.4) is 0 Å². The maximum Gasteiger partial charge on any atom is 0.254 e. The fourth-order valence-electron chi connectivity index (χ4n) is 9.31. The highest BCUT2D eigenvalue weighted by molar-refractivity contribution is 6.31. The number of aliphatic hydroxyl groups is 1. The summed E-state index contributed by atoms with van der Waals surface area (Å²) in [5, 5.41) is 22.3. The summed E-state index contributed by atoms with van der Waals surface area (Å²) in [7, 11) is 0. The summed E-state index contributed by atoms with van der Waals surface area (Å²) in [4.78, 5) is 48.0. The summed E-state index contributed by atoms with van der Waals surface area (Å²) in [6.07, 6.45) is -0.132. The second kappa shape index (κ2) is 15.3. The van der Waals surface area contributed by atoms with E-state index in [4.69, 9.17) is 21.1 Å². The van der Waals surface area contributed by atoms with Crippen LogP contribution in [0.25, 0.3) is 0 Å². The molecule has 13 heteroatoms. The van der Waals surface area contributed by atoms with Gasteiger partial charge in [-0.15, -0.1) is 0 Å². The summed E-state index contributed by atoms with van der Waals surface area (Å²) >= 11 is 6.29. The SMILES string of the molecule is CC(C)(C)[C@H](NC(=O)COCCN1CCN(c2ccc3c(c2)CN([C@H]2C(C)(C)[C@H](Oc4ccc(C#N)c(Cl)c4)C2(C)C)C3=O)CC1)C(=O)N1CC[C@@H](O)C1. The molecule has 2 atom stereocenters. The molecule has 12 nitrogen and oxygen atoms in total. The van der Waals surface area contributed by atoms with Crippen LogP contribution in [-0.4, -0.2) is 121 Å². The molecular weight excluding hydrogens is 708 g/mol. The van der Waals surface area contributed by atoms with Gasteiger partial charge in [-0.2, -0.15) is 5.26 Å². The quantitative estimate of drug-likeness (QED) is 0.321. The monoisotopic (exact) mass is 762 g/mol. The molecule has 0 bridgehead atoms. The van der Waals surface area contributed by atoms with Crippen molar-refractivity contribution in [1.82, 2.24) is 20.0 Å². The first-order valence-electron chi connectivity index (χ1n) is 19.0. The van der Waals surface area contributed by atoms with E-state index in [1.165, 1.54) is 0 Å². The Hall–Kier alpha value is -3.89. The molecule has 2 aromatic rings. The van der Waals surface area contributed by atoms with Gasteiger partial charge in [0.15, 0.2) is 0 Å². The van der Waals surface area contributed by atoms with Gasteiger partial charge in [0.25, 0.3) is 5.91 Å². The molecule has 0 aromatic heterocycles. The van der Waals surface area contributed by atoms with Crippen LogP contribution < -0.4 is 15.0 Å². The number of carbonyl (C=O) groups excluding carboxylic acids is 3. The van der Waals surface area contributed by atoms with Crippen LogP contribution in [-0.2, 0) is 20.9 Å². The van der Waals surface area contributed by atoms with Crippen molar-refractivity contribution in [2.75, 3.05) is 63.9 Å². The lowest BCUT2D eigenvalue weighted by Crippen LogP contribution is -2.74. The second-order valence-electron chi connectivity index (χ2n) is 17.5. The van der Waals surface area contributed by atoms with E-state index in [0.29, 0.717) is 55.5 Å². The Kier molecular flexibility index (Phi) is 11.3. The maximum absolute atomic E-state index is 13.8. The molecule has 2 aromatic carbocycles. The third kappa shape index (κ3) is 7.92. The number of hydrogen-bond acceptors (Lipinski definition) is 9. The average Bonchev–Trinajstić information content (AvgIpc) is 3.69. The summed E-state index contributed by atoms with van der Waals surface area (Å²) in [5.41, 5.74) is 2.15. The molecule has 292 valence electrons. The van der Waals surface area contributed by atoms with Crippen LogP contribution in [0.2, 0.25) is 5.02 Å². The van der Waals surface area contributed by atoms with Gasteiger partial charge in [0.1, 0.15) is 30.6 Å². The second-order valence-corrected chi connectivity index (χ2v) is 18.0. The third-order valence-electron chi connectivity index (χ3n) is 11.7. The van der Waals surface area contributed by atoms with Crippen molar-refractivity contribution >= 4 is 35.0 Å². The highest BCUT2D eigenvalue weighted by Gasteiger charge is 2.67. The molecule has 3 fully saturated rings. The molecule has 0 spiro atoms. The van der Waals surface area contributed by atoms with Gasteiger partial charge >= 0.3 is 0 Å². The van der Waals surface area contributed by atoms with Crippen molar-refractivity contribution in [2.24, 2.45) is 16.2 Å². The smallest absolute Gasteiger partial charge is 0.254 e. The molecule has 1 saturated carbocycles. The van der Waals surface area contributed by atoms with Gasteiger partial charge in [-0.05, 0) is 47.7 Å². The highest BCUT2D eigenvalue weighted by atomic mass is 35.5. The number of piperazine rings is 1. The van der Waals surface area contributed by atoms with Crippen molar-refractivity contribution in [3.05, 3.63) is 58.1 Å². The molecule has 0 radical (unpaired) electrons. The van der Waals surface area contributed by atoms with E-state index in [9.17, 15) is 24.8 Å². The number of fused-ring (bicyclic) bond motifs is 1. The van der Waals surface area contributed by atoms with E-state index in [1.54, 1.807) is 23.1 Å². The van der Waals surface area contributed by atoms with E-state index in [2.05, 4.69) is 61.0 Å². The predicted molar refractivity (Wildman–Crippen MR) is 206 cm³/mol. The van der Waals surface area contributed by atoms with Crippen LogP contribution in [0, 0.1) is 27.6 Å². The molecule has 1 aliphatic carbocycles. The standard InChI is InChI=1S/C41H55ClN6O6/c1-39(2,3)34(36(52)47-13-12-29(49)24-47)44-33(50)25-53-19-18-45-14-16-46(17-15-45)28-9-11-31-27(20-28)23-48(35(31)51)37-40(4,5)38(41(37,6)7)54-30-10-8-26(22-43)32(42)21-30/h8-11,20-21,29,34,37-38,49H,12-19,23-25H2,1-7H3,(H,44,50)/t29-,34-,37-,38-/m1/s1. The molecule has 0 unspecified atom stereocenters. The number of benzene rings is 2. The number of carbonyl (C=O) groups is 3. The minimum Gasteiger partial charge on any atom is -0.489 e. The van der Waals surface area contributed by atoms with Gasteiger partial charge in [-0.3, -0.25) is 19.3 Å². The first kappa shape index (κ1) is 39.8. The number of nitrogens with one attached hydrogen (secondary N) is 1. The van der Waals surface area contributed by atoms with E-state index in [0.717, 1.165) is 43.0 Å². The lowest BCUT2D eigenvalue weighted by atomic mass is 9.49. The number of rotatable bonds is 11. The molecule has 2 saturated heterocycles. The fraction of sp³-hybridized carbons (Fsp3) is 0.610. The molecule has 6 rings (SSSR count). The van der Waals surface area contributed by atoms with Crippen LogP contribution in [0.5, 0.6) is 5.75 Å². The number of hydrogen-bond donors (Lipinski definition) is 2. The van der Waals surface area contributed by atoms with Crippen LogP contribution in [0.1, 0.15) is 76.4 Å². The van der Waals surface area contributed by atoms with Crippen LogP contribution in [0.4, 0.5) is 5.69 Å². The molecular formula is C41H55ClN6O6. The minimum absolute atomic E-state index is 0.0450. The van der Waals surface area contributed by atoms with Crippen molar-refractivity contribution in [2.45, 2.75) is 85.7 Å². The van der Waals surface area contributed by atoms with E-state index in [-0.39, 0.29) is 47.3 Å². The Labute approximate surface area is 324 Å². The van der Waals surface area contributed by atoms with Crippen molar-refractivity contribution < 1.29 is 29.0 Å². The maximum atomic E-state index is 13.8. The third-order valence-corrected chi connectivity index (χ3v) is 12.0. The number of aliphatic hydroxyl groups excluding tert-OH is 1. The Morgan fingerprint density at radius 3 is 2.37 bits per heavy atom. The van der Waals surface area contributed by atoms with Crippen molar-refractivity contribution in [3.8, 4) is 11.8 Å². The number of amides is 3. The van der Waals surface area contributed by atoms with Crippen LogP contribution >= 0.6 is 11.6 Å². The van der Waals surface area contributed by atoms with Crippen LogP contribution in [0.15, 0.2) is 36.4 Å². The Morgan fingerprint density at radius 1 is 1.06 bits per heavy atom. The van der Waals surface area contributed by atoms with Crippen molar-refractivity contribution in [1.29, 1.82) is 5.26 Å². The highest BCUT2D eigenvalue weighted by Crippen LogP contribution is 2.59. The molecule has 2 N–H and O–H groups in total. The number of ether oxygens (including phenoxy) is 2. The van der Waals surface area contributed by atoms with Crippen molar-refractivity contribution in [3.63, 3.8) is 0 Å². The summed E-state index contributed by atoms with van der Waals surface area (Å²) in [6.45, 7) is 20.0. The van der Waals surface area contributed by atoms with E-state index < -0.39 is 17.6 Å². The average molecular weight is 763 g/mol. The summed E-state index contributed by atoms with van der Waals surface area (Å²) in [5.74, 6) is 0.163. The van der Waals surface area contributed by atoms with Gasteiger partial charge in [-0.25, -0.2) is 0 Å². The number of likely N-dealkylation sites (tertiary alicyclic amines) is 1. The first-order chi connectivity index (χ1) is 25.4. The van der Waals surface area contributed by atoms with Gasteiger partial charge in [0.05, 0.1) is 23.3 Å². The Bertz CT molecular complexity index is 1780.